The Kier molecular flexibility index (Phi) is 7.26. The summed E-state index contributed by atoms with van der Waals surface area (Å²) in [6, 6.07) is 3.53. The number of thioether (sulfide) groups is 1. The normalized spacial score (nSPS) is 15.4. The molecule has 0 atom stereocenters. The maximum absolute atomic E-state index is 12.5. The number of amides is 3. The highest BCUT2D eigenvalue weighted by molar-refractivity contribution is 8.18. The van der Waals surface area contributed by atoms with Gasteiger partial charge in [-0.3, -0.25) is 19.3 Å². The number of hydrogen-bond donors (Lipinski definition) is 1. The van der Waals surface area contributed by atoms with E-state index in [0.717, 1.165) is 27.8 Å². The van der Waals surface area contributed by atoms with E-state index in [0.29, 0.717) is 24.7 Å². The van der Waals surface area contributed by atoms with Crippen LogP contribution < -0.4 is 14.8 Å². The van der Waals surface area contributed by atoms with Gasteiger partial charge in [0.05, 0.1) is 25.7 Å². The number of hydrogen-bond acceptors (Lipinski definition) is 7. The van der Waals surface area contributed by atoms with Gasteiger partial charge in [-0.15, -0.1) is 0 Å². The second kappa shape index (κ2) is 9.43. The molecule has 0 aromatic heterocycles. The highest BCUT2D eigenvalue weighted by Crippen LogP contribution is 2.35. The Morgan fingerprint density at radius 2 is 1.85 bits per heavy atom. The van der Waals surface area contributed by atoms with Crippen molar-refractivity contribution >= 4 is 34.9 Å². The van der Waals surface area contributed by atoms with E-state index in [1.54, 1.807) is 25.3 Å². The fraction of sp³-hybridized carbons (Fsp3) is 0.389. The van der Waals surface area contributed by atoms with Gasteiger partial charge in [-0.2, -0.15) is 0 Å². The van der Waals surface area contributed by atoms with Crippen LogP contribution in [0.5, 0.6) is 11.5 Å². The summed E-state index contributed by atoms with van der Waals surface area (Å²) < 4.78 is 15.4. The Labute approximate surface area is 161 Å². The molecule has 1 aromatic rings. The highest BCUT2D eigenvalue weighted by Gasteiger charge is 2.36. The Balaban J connectivity index is 2.17. The van der Waals surface area contributed by atoms with Crippen molar-refractivity contribution in [3.8, 4) is 11.5 Å². The van der Waals surface area contributed by atoms with Crippen molar-refractivity contribution in [1.82, 2.24) is 10.2 Å². The van der Waals surface area contributed by atoms with E-state index in [1.807, 2.05) is 6.92 Å². The summed E-state index contributed by atoms with van der Waals surface area (Å²) in [6.07, 6.45) is 1.62. The minimum Gasteiger partial charge on any atom is -0.493 e. The molecule has 0 saturated carbocycles. The lowest BCUT2D eigenvalue weighted by Crippen LogP contribution is -2.40. The number of rotatable bonds is 8. The van der Waals surface area contributed by atoms with Gasteiger partial charge >= 0.3 is 0 Å². The van der Waals surface area contributed by atoms with Gasteiger partial charge in [0.25, 0.3) is 11.1 Å². The predicted octanol–water partition coefficient (Wildman–Crippen LogP) is 1.81. The van der Waals surface area contributed by atoms with Gasteiger partial charge in [-0.1, -0.05) is 0 Å². The summed E-state index contributed by atoms with van der Waals surface area (Å²) in [7, 11) is 4.58. The molecule has 0 spiro atoms. The molecule has 0 radical (unpaired) electrons. The molecule has 146 valence electrons. The second-order valence-corrected chi connectivity index (χ2v) is 6.67. The van der Waals surface area contributed by atoms with Gasteiger partial charge in [-0.05, 0) is 48.0 Å². The van der Waals surface area contributed by atoms with Crippen LogP contribution in [-0.4, -0.2) is 63.0 Å². The van der Waals surface area contributed by atoms with Crippen LogP contribution in [0.4, 0.5) is 4.79 Å². The second-order valence-electron chi connectivity index (χ2n) is 5.67. The standard InChI is InChI=1S/C18H22N2O6S/c1-11-7-13(25-3)14(26-4)8-12(11)9-15-17(22)20(18(23)27-15)10-16(21)19-5-6-24-2/h7-9H,5-6,10H2,1-4H3,(H,19,21)/b15-9-. The van der Waals surface area contributed by atoms with Crippen molar-refractivity contribution in [2.45, 2.75) is 6.92 Å². The molecule has 1 saturated heterocycles. The molecular weight excluding hydrogens is 372 g/mol. The molecule has 27 heavy (non-hydrogen) atoms. The highest BCUT2D eigenvalue weighted by atomic mass is 32.2. The first kappa shape index (κ1) is 20.8. The smallest absolute Gasteiger partial charge is 0.294 e. The molecule has 1 aliphatic heterocycles. The third-order valence-corrected chi connectivity index (χ3v) is 4.77. The molecule has 0 aliphatic carbocycles. The third-order valence-electron chi connectivity index (χ3n) is 3.86. The molecule has 0 unspecified atom stereocenters. The number of methoxy groups -OCH3 is 3. The van der Waals surface area contributed by atoms with Gasteiger partial charge in [0.1, 0.15) is 6.54 Å². The maximum Gasteiger partial charge on any atom is 0.294 e. The molecule has 1 N–H and O–H groups in total. The van der Waals surface area contributed by atoms with E-state index >= 15 is 0 Å². The lowest BCUT2D eigenvalue weighted by Gasteiger charge is -2.12. The number of aryl methyl sites for hydroxylation is 1. The summed E-state index contributed by atoms with van der Waals surface area (Å²) in [5.41, 5.74) is 1.58. The summed E-state index contributed by atoms with van der Waals surface area (Å²) in [5.74, 6) is 0.179. The zero-order valence-electron chi connectivity index (χ0n) is 15.7. The van der Waals surface area contributed by atoms with Crippen molar-refractivity contribution in [2.75, 3.05) is 41.0 Å². The third kappa shape index (κ3) is 5.01. The number of nitrogens with zero attached hydrogens (tertiary/aromatic N) is 1. The number of nitrogens with one attached hydrogen (secondary N) is 1. The van der Waals surface area contributed by atoms with Crippen LogP contribution in [0.1, 0.15) is 11.1 Å². The zero-order chi connectivity index (χ0) is 20.0. The number of carbonyl (C=O) groups excluding carboxylic acids is 3. The van der Waals surface area contributed by atoms with Gasteiger partial charge < -0.3 is 19.5 Å². The van der Waals surface area contributed by atoms with E-state index in [9.17, 15) is 14.4 Å². The molecule has 9 heteroatoms. The largest absolute Gasteiger partial charge is 0.493 e. The van der Waals surface area contributed by atoms with E-state index in [1.165, 1.54) is 14.2 Å². The summed E-state index contributed by atoms with van der Waals surface area (Å²) in [6.45, 7) is 2.20. The summed E-state index contributed by atoms with van der Waals surface area (Å²) in [5, 5.41) is 2.10. The van der Waals surface area contributed by atoms with E-state index < -0.39 is 17.1 Å². The van der Waals surface area contributed by atoms with Gasteiger partial charge in [0.2, 0.25) is 5.91 Å². The minimum atomic E-state index is -0.499. The van der Waals surface area contributed by atoms with Crippen molar-refractivity contribution in [2.24, 2.45) is 0 Å². The first-order valence-electron chi connectivity index (χ1n) is 8.14. The summed E-state index contributed by atoms with van der Waals surface area (Å²) >= 11 is 0.801. The number of carbonyl (C=O) groups is 3. The van der Waals surface area contributed by atoms with Gasteiger partial charge in [-0.25, -0.2) is 0 Å². The quantitative estimate of drug-likeness (QED) is 0.531. The first-order chi connectivity index (χ1) is 12.9. The molecule has 1 aromatic carbocycles. The molecule has 1 aliphatic rings. The molecule has 8 nitrogen and oxygen atoms in total. The number of imide groups is 1. The Morgan fingerprint density at radius 3 is 2.48 bits per heavy atom. The SMILES string of the molecule is COCCNC(=O)CN1C(=O)S/C(=C\c2cc(OC)c(OC)cc2C)C1=O. The molecule has 2 rings (SSSR count). The monoisotopic (exact) mass is 394 g/mol. The lowest BCUT2D eigenvalue weighted by molar-refractivity contribution is -0.129. The van der Waals surface area contributed by atoms with Crippen LogP contribution in [0.25, 0.3) is 6.08 Å². The van der Waals surface area contributed by atoms with Crippen LogP contribution in [0.2, 0.25) is 0 Å². The van der Waals surface area contributed by atoms with Crippen LogP contribution >= 0.6 is 11.8 Å². The Hall–Kier alpha value is -2.52. The van der Waals surface area contributed by atoms with Gasteiger partial charge in [0, 0.05) is 13.7 Å². The molecular formula is C18H22N2O6S. The summed E-state index contributed by atoms with van der Waals surface area (Å²) in [4.78, 5) is 37.7. The van der Waals surface area contributed by atoms with E-state index in [4.69, 9.17) is 14.2 Å². The maximum atomic E-state index is 12.5. The zero-order valence-corrected chi connectivity index (χ0v) is 16.5. The van der Waals surface area contributed by atoms with E-state index in [-0.39, 0.29) is 11.4 Å². The van der Waals surface area contributed by atoms with Crippen molar-refractivity contribution in [1.29, 1.82) is 0 Å². The van der Waals surface area contributed by atoms with E-state index in [2.05, 4.69) is 5.32 Å². The Bertz CT molecular complexity index is 777. The number of ether oxygens (including phenoxy) is 3. The Morgan fingerprint density at radius 1 is 1.19 bits per heavy atom. The van der Waals surface area contributed by atoms with Crippen molar-refractivity contribution < 1.29 is 28.6 Å². The van der Waals surface area contributed by atoms with Crippen LogP contribution in [0.3, 0.4) is 0 Å². The van der Waals surface area contributed by atoms with Gasteiger partial charge in [0.15, 0.2) is 11.5 Å². The average Bonchev–Trinajstić information content (AvgIpc) is 2.90. The van der Waals surface area contributed by atoms with Crippen molar-refractivity contribution in [3.05, 3.63) is 28.2 Å². The number of benzene rings is 1. The lowest BCUT2D eigenvalue weighted by atomic mass is 10.1. The van der Waals surface area contributed by atoms with Crippen molar-refractivity contribution in [3.63, 3.8) is 0 Å². The average molecular weight is 394 g/mol. The van der Waals surface area contributed by atoms with Crippen LogP contribution in [-0.2, 0) is 14.3 Å². The molecule has 0 bridgehead atoms. The predicted molar refractivity (Wildman–Crippen MR) is 102 cm³/mol. The molecule has 1 fully saturated rings. The topological polar surface area (TPSA) is 94.2 Å². The first-order valence-corrected chi connectivity index (χ1v) is 8.96. The minimum absolute atomic E-state index is 0.250. The molecule has 3 amide bonds. The molecule has 1 heterocycles. The fourth-order valence-corrected chi connectivity index (χ4v) is 3.25. The van der Waals surface area contributed by atoms with Crippen LogP contribution in [0, 0.1) is 6.92 Å². The van der Waals surface area contributed by atoms with Crippen LogP contribution in [0.15, 0.2) is 17.0 Å². The fourth-order valence-electron chi connectivity index (χ4n) is 2.42.